The first-order valence-electron chi connectivity index (χ1n) is 6.18. The molecule has 1 aromatic carbocycles. The Kier molecular flexibility index (Phi) is 4.70. The maximum Gasteiger partial charge on any atom is 0.161 e. The lowest BCUT2D eigenvalue weighted by atomic mass is 10.1. The van der Waals surface area contributed by atoms with Crippen LogP contribution in [0.15, 0.2) is 24.4 Å². The number of aromatic nitrogens is 2. The van der Waals surface area contributed by atoms with Crippen LogP contribution in [0.1, 0.15) is 30.3 Å². The van der Waals surface area contributed by atoms with Crippen molar-refractivity contribution in [2.24, 2.45) is 5.73 Å². The molecule has 0 aliphatic heterocycles. The molecule has 1 aromatic heterocycles. The first-order valence-corrected chi connectivity index (χ1v) is 6.96. The molecule has 1 atom stereocenters. The summed E-state index contributed by atoms with van der Waals surface area (Å²) >= 11 is 1.30. The molecule has 19 heavy (non-hydrogen) atoms. The van der Waals surface area contributed by atoms with E-state index < -0.39 is 0 Å². The highest BCUT2D eigenvalue weighted by atomic mass is 32.1. The van der Waals surface area contributed by atoms with Crippen molar-refractivity contribution < 1.29 is 9.47 Å². The largest absolute Gasteiger partial charge is 0.490 e. The number of nitrogens with two attached hydrogens (primary N) is 1. The maximum atomic E-state index is 6.18. The Morgan fingerprint density at radius 1 is 1.21 bits per heavy atom. The summed E-state index contributed by atoms with van der Waals surface area (Å²) in [7, 11) is 0. The predicted octanol–water partition coefficient (Wildman–Crippen LogP) is 2.38. The first kappa shape index (κ1) is 13.8. The van der Waals surface area contributed by atoms with Crippen LogP contribution in [-0.4, -0.2) is 22.8 Å². The molecule has 2 N–H and O–H groups in total. The summed E-state index contributed by atoms with van der Waals surface area (Å²) < 4.78 is 14.9. The van der Waals surface area contributed by atoms with Gasteiger partial charge in [-0.2, -0.15) is 0 Å². The van der Waals surface area contributed by atoms with E-state index in [1.54, 1.807) is 6.20 Å². The smallest absolute Gasteiger partial charge is 0.161 e. The lowest BCUT2D eigenvalue weighted by Crippen LogP contribution is -2.11. The second kappa shape index (κ2) is 6.49. The van der Waals surface area contributed by atoms with Crippen LogP contribution in [0.25, 0.3) is 0 Å². The van der Waals surface area contributed by atoms with Crippen molar-refractivity contribution in [3.8, 4) is 11.5 Å². The summed E-state index contributed by atoms with van der Waals surface area (Å²) in [6.07, 6.45) is 1.69. The zero-order chi connectivity index (χ0) is 13.7. The monoisotopic (exact) mass is 279 g/mol. The van der Waals surface area contributed by atoms with E-state index in [1.807, 2.05) is 32.0 Å². The fraction of sp³-hybridized carbons (Fsp3) is 0.385. The van der Waals surface area contributed by atoms with E-state index in [0.29, 0.717) is 13.2 Å². The summed E-state index contributed by atoms with van der Waals surface area (Å²) in [4.78, 5) is 0.923. The molecule has 0 saturated heterocycles. The molecule has 0 fully saturated rings. The minimum Gasteiger partial charge on any atom is -0.490 e. The molecule has 0 saturated carbocycles. The van der Waals surface area contributed by atoms with E-state index in [-0.39, 0.29) is 6.04 Å². The average molecular weight is 279 g/mol. The summed E-state index contributed by atoms with van der Waals surface area (Å²) in [6, 6.07) is 5.50. The van der Waals surface area contributed by atoms with Gasteiger partial charge in [-0.1, -0.05) is 10.6 Å². The van der Waals surface area contributed by atoms with Gasteiger partial charge in [0.25, 0.3) is 0 Å². The highest BCUT2D eigenvalue weighted by Gasteiger charge is 2.14. The van der Waals surface area contributed by atoms with Gasteiger partial charge < -0.3 is 15.2 Å². The van der Waals surface area contributed by atoms with Crippen molar-refractivity contribution in [1.29, 1.82) is 0 Å². The Morgan fingerprint density at radius 2 is 1.95 bits per heavy atom. The maximum absolute atomic E-state index is 6.18. The van der Waals surface area contributed by atoms with Crippen LogP contribution in [-0.2, 0) is 0 Å². The van der Waals surface area contributed by atoms with Gasteiger partial charge in [-0.25, -0.2) is 0 Å². The topological polar surface area (TPSA) is 70.3 Å². The fourth-order valence-corrected chi connectivity index (χ4v) is 2.27. The Hall–Kier alpha value is -1.66. The Balaban J connectivity index is 2.29. The Morgan fingerprint density at radius 3 is 2.58 bits per heavy atom. The third-order valence-electron chi connectivity index (χ3n) is 2.61. The Bertz CT molecular complexity index is 517. The van der Waals surface area contributed by atoms with E-state index >= 15 is 0 Å². The molecule has 0 aliphatic carbocycles. The van der Waals surface area contributed by atoms with Gasteiger partial charge in [-0.15, -0.1) is 5.10 Å². The van der Waals surface area contributed by atoms with E-state index in [4.69, 9.17) is 15.2 Å². The normalized spacial score (nSPS) is 12.2. The molecule has 1 unspecified atom stereocenters. The molecule has 6 heteroatoms. The third-order valence-corrected chi connectivity index (χ3v) is 3.36. The minimum atomic E-state index is -0.241. The number of nitrogens with zero attached hydrogens (tertiary/aromatic N) is 2. The molecule has 2 aromatic rings. The molecular weight excluding hydrogens is 262 g/mol. The molecule has 102 valence electrons. The summed E-state index contributed by atoms with van der Waals surface area (Å²) in [5.74, 6) is 1.46. The van der Waals surface area contributed by atoms with Crippen molar-refractivity contribution in [2.75, 3.05) is 13.2 Å². The van der Waals surface area contributed by atoms with Crippen LogP contribution in [0, 0.1) is 0 Å². The van der Waals surface area contributed by atoms with Crippen LogP contribution in [0.3, 0.4) is 0 Å². The molecule has 2 rings (SSSR count). The summed E-state index contributed by atoms with van der Waals surface area (Å²) in [5.41, 5.74) is 7.14. The third kappa shape index (κ3) is 3.21. The van der Waals surface area contributed by atoms with Crippen LogP contribution < -0.4 is 15.2 Å². The standard InChI is InChI=1S/C13H17N3O2S/c1-3-17-10-6-5-9(7-11(10)18-4-2)13(14)12-8-15-16-19-12/h5-8,13H,3-4,14H2,1-2H3. The second-order valence-corrected chi connectivity index (χ2v) is 4.69. The molecule has 0 bridgehead atoms. The molecule has 0 aliphatic rings. The van der Waals surface area contributed by atoms with Crippen molar-refractivity contribution in [3.63, 3.8) is 0 Å². The SMILES string of the molecule is CCOc1ccc(C(N)c2cnns2)cc1OCC. The number of hydrogen-bond acceptors (Lipinski definition) is 6. The molecule has 1 heterocycles. The number of ether oxygens (including phenoxy) is 2. The van der Waals surface area contributed by atoms with Gasteiger partial charge in [0, 0.05) is 0 Å². The van der Waals surface area contributed by atoms with Gasteiger partial charge in [-0.3, -0.25) is 0 Å². The van der Waals surface area contributed by atoms with Gasteiger partial charge >= 0.3 is 0 Å². The van der Waals surface area contributed by atoms with E-state index in [0.717, 1.165) is 21.9 Å². The highest BCUT2D eigenvalue weighted by Crippen LogP contribution is 2.32. The number of benzene rings is 1. The van der Waals surface area contributed by atoms with Crippen LogP contribution in [0.2, 0.25) is 0 Å². The predicted molar refractivity (Wildman–Crippen MR) is 74.7 cm³/mol. The molecule has 0 spiro atoms. The second-order valence-electron chi connectivity index (χ2n) is 3.87. The molecule has 5 nitrogen and oxygen atoms in total. The highest BCUT2D eigenvalue weighted by molar-refractivity contribution is 7.05. The lowest BCUT2D eigenvalue weighted by molar-refractivity contribution is 0.287. The van der Waals surface area contributed by atoms with Crippen molar-refractivity contribution in [1.82, 2.24) is 9.59 Å². The van der Waals surface area contributed by atoms with Gasteiger partial charge in [0.15, 0.2) is 11.5 Å². The lowest BCUT2D eigenvalue weighted by Gasteiger charge is -2.15. The van der Waals surface area contributed by atoms with Crippen molar-refractivity contribution >= 4 is 11.5 Å². The Labute approximate surface area is 116 Å². The summed E-state index contributed by atoms with van der Waals surface area (Å²) in [5, 5.41) is 3.81. The summed E-state index contributed by atoms with van der Waals surface area (Å²) in [6.45, 7) is 5.07. The minimum absolute atomic E-state index is 0.241. The van der Waals surface area contributed by atoms with Crippen LogP contribution in [0.5, 0.6) is 11.5 Å². The number of rotatable bonds is 6. The zero-order valence-corrected chi connectivity index (χ0v) is 11.8. The van der Waals surface area contributed by atoms with Crippen LogP contribution >= 0.6 is 11.5 Å². The van der Waals surface area contributed by atoms with E-state index in [1.165, 1.54) is 11.5 Å². The quantitative estimate of drug-likeness (QED) is 0.879. The van der Waals surface area contributed by atoms with Gasteiger partial charge in [-0.05, 0) is 43.1 Å². The van der Waals surface area contributed by atoms with Gasteiger partial charge in [0.05, 0.1) is 30.3 Å². The van der Waals surface area contributed by atoms with Crippen molar-refractivity contribution in [3.05, 3.63) is 34.8 Å². The zero-order valence-electron chi connectivity index (χ0n) is 11.0. The van der Waals surface area contributed by atoms with Crippen LogP contribution in [0.4, 0.5) is 0 Å². The molecular formula is C13H17N3O2S. The van der Waals surface area contributed by atoms with E-state index in [2.05, 4.69) is 9.59 Å². The van der Waals surface area contributed by atoms with E-state index in [9.17, 15) is 0 Å². The molecule has 0 radical (unpaired) electrons. The van der Waals surface area contributed by atoms with Gasteiger partial charge in [0.2, 0.25) is 0 Å². The van der Waals surface area contributed by atoms with Gasteiger partial charge in [0.1, 0.15) is 0 Å². The molecule has 0 amide bonds. The first-order chi connectivity index (χ1) is 9.26. The van der Waals surface area contributed by atoms with Crippen molar-refractivity contribution in [2.45, 2.75) is 19.9 Å². The number of hydrogen-bond donors (Lipinski definition) is 1. The fourth-order valence-electron chi connectivity index (χ4n) is 1.74. The average Bonchev–Trinajstić information content (AvgIpc) is 2.94.